The van der Waals surface area contributed by atoms with Crippen molar-refractivity contribution < 1.29 is 9.53 Å². The van der Waals surface area contributed by atoms with Crippen LogP contribution in [0.4, 0.5) is 5.82 Å². The number of carbonyl (C=O) groups excluding carboxylic acids is 1. The molecule has 1 amide bonds. The lowest BCUT2D eigenvalue weighted by molar-refractivity contribution is 0.102. The molecule has 6 nitrogen and oxygen atoms in total. The highest BCUT2D eigenvalue weighted by Gasteiger charge is 2.13. The van der Waals surface area contributed by atoms with Gasteiger partial charge in [0.05, 0.1) is 28.7 Å². The van der Waals surface area contributed by atoms with Crippen molar-refractivity contribution in [1.82, 2.24) is 14.8 Å². The third kappa shape index (κ3) is 3.41. The van der Waals surface area contributed by atoms with Gasteiger partial charge >= 0.3 is 0 Å². The summed E-state index contributed by atoms with van der Waals surface area (Å²) in [5, 5.41) is 7.24. The summed E-state index contributed by atoms with van der Waals surface area (Å²) in [7, 11) is 1.54. The lowest BCUT2D eigenvalue weighted by Crippen LogP contribution is -2.14. The van der Waals surface area contributed by atoms with Crippen molar-refractivity contribution in [2.75, 3.05) is 12.4 Å². The quantitative estimate of drug-likeness (QED) is 0.720. The minimum absolute atomic E-state index is 0.252. The van der Waals surface area contributed by atoms with Crippen molar-refractivity contribution in [2.24, 2.45) is 0 Å². The first kappa shape index (κ1) is 17.2. The molecule has 1 N–H and O–H groups in total. The molecule has 128 valence electrons. The summed E-state index contributed by atoms with van der Waals surface area (Å²) in [6.07, 6.45) is 1.60. The van der Waals surface area contributed by atoms with Gasteiger partial charge in [0.25, 0.3) is 5.91 Å². The highest BCUT2D eigenvalue weighted by Crippen LogP contribution is 2.24. The fourth-order valence-electron chi connectivity index (χ4n) is 2.46. The number of halogens is 1. The molecule has 0 atom stereocenters. The van der Waals surface area contributed by atoms with Gasteiger partial charge in [-0.15, -0.1) is 0 Å². The number of carbonyl (C=O) groups is 1. The van der Waals surface area contributed by atoms with Gasteiger partial charge in [-0.3, -0.25) is 4.79 Å². The van der Waals surface area contributed by atoms with Gasteiger partial charge in [0.15, 0.2) is 11.6 Å². The van der Waals surface area contributed by atoms with Gasteiger partial charge in [-0.25, -0.2) is 9.67 Å². The maximum atomic E-state index is 12.4. The summed E-state index contributed by atoms with van der Waals surface area (Å²) in [4.78, 5) is 16.5. The number of hydrogen-bond donors (Lipinski definition) is 1. The minimum Gasteiger partial charge on any atom is -0.493 e. The summed E-state index contributed by atoms with van der Waals surface area (Å²) in [5.74, 6) is 0.652. The monoisotopic (exact) mass is 400 g/mol. The number of methoxy groups -OCH3 is 1. The third-order valence-corrected chi connectivity index (χ3v) is 4.95. The number of benzene rings is 1. The van der Waals surface area contributed by atoms with Crippen LogP contribution in [0.25, 0.3) is 5.69 Å². The van der Waals surface area contributed by atoms with Crippen LogP contribution in [0.15, 0.2) is 47.1 Å². The van der Waals surface area contributed by atoms with E-state index in [-0.39, 0.29) is 5.91 Å². The Morgan fingerprint density at radius 3 is 2.52 bits per heavy atom. The van der Waals surface area contributed by atoms with Crippen molar-refractivity contribution in [3.05, 3.63) is 64.0 Å². The van der Waals surface area contributed by atoms with Gasteiger partial charge < -0.3 is 10.1 Å². The van der Waals surface area contributed by atoms with E-state index in [0.29, 0.717) is 17.1 Å². The first-order valence-electron chi connectivity index (χ1n) is 7.63. The molecule has 0 saturated carbocycles. The number of nitrogens with zero attached hydrogens (tertiary/aromatic N) is 3. The van der Waals surface area contributed by atoms with Crippen LogP contribution in [0.1, 0.15) is 21.7 Å². The Labute approximate surface area is 154 Å². The predicted molar refractivity (Wildman–Crippen MR) is 99.5 cm³/mol. The topological polar surface area (TPSA) is 69.0 Å². The Hall–Kier alpha value is -2.67. The van der Waals surface area contributed by atoms with Gasteiger partial charge in [0.1, 0.15) is 0 Å². The second-order valence-electron chi connectivity index (χ2n) is 5.45. The standard InChI is InChI=1S/C18H17BrN4O2/c1-11-16(19)12(2)23(22-11)14-8-6-13(7-9-14)18(24)21-17-15(25-3)5-4-10-20-17/h4-10H,1-3H3,(H,20,21,24). The average Bonchev–Trinajstić information content (AvgIpc) is 2.89. The number of amides is 1. The molecule has 0 spiro atoms. The van der Waals surface area contributed by atoms with E-state index in [0.717, 1.165) is 21.5 Å². The van der Waals surface area contributed by atoms with Crippen LogP contribution < -0.4 is 10.1 Å². The largest absolute Gasteiger partial charge is 0.493 e. The van der Waals surface area contributed by atoms with E-state index in [9.17, 15) is 4.79 Å². The zero-order valence-electron chi connectivity index (χ0n) is 14.1. The number of aryl methyl sites for hydroxylation is 1. The molecule has 3 rings (SSSR count). The summed E-state index contributed by atoms with van der Waals surface area (Å²) in [6.45, 7) is 3.92. The van der Waals surface area contributed by atoms with Crippen LogP contribution in [0, 0.1) is 13.8 Å². The Kier molecular flexibility index (Phi) is 4.85. The molecule has 0 unspecified atom stereocenters. The number of nitrogens with one attached hydrogen (secondary N) is 1. The summed E-state index contributed by atoms with van der Waals surface area (Å²) >= 11 is 3.52. The Morgan fingerprint density at radius 2 is 1.92 bits per heavy atom. The molecule has 0 aliphatic rings. The lowest BCUT2D eigenvalue weighted by atomic mass is 10.2. The normalized spacial score (nSPS) is 10.6. The van der Waals surface area contributed by atoms with Crippen molar-refractivity contribution in [2.45, 2.75) is 13.8 Å². The van der Waals surface area contributed by atoms with Crippen molar-refractivity contribution >= 4 is 27.7 Å². The number of hydrogen-bond acceptors (Lipinski definition) is 4. The Bertz CT molecular complexity index is 919. The molecular weight excluding hydrogens is 384 g/mol. The van der Waals surface area contributed by atoms with E-state index in [4.69, 9.17) is 4.74 Å². The van der Waals surface area contributed by atoms with Gasteiger partial charge in [0.2, 0.25) is 0 Å². The molecule has 25 heavy (non-hydrogen) atoms. The average molecular weight is 401 g/mol. The van der Waals surface area contributed by atoms with Crippen LogP contribution in [-0.2, 0) is 0 Å². The van der Waals surface area contributed by atoms with E-state index in [1.54, 1.807) is 30.5 Å². The number of rotatable bonds is 4. The molecule has 7 heteroatoms. The van der Waals surface area contributed by atoms with Gasteiger partial charge in [0, 0.05) is 11.8 Å². The van der Waals surface area contributed by atoms with Crippen LogP contribution in [-0.4, -0.2) is 27.8 Å². The van der Waals surface area contributed by atoms with E-state index in [1.165, 1.54) is 7.11 Å². The SMILES string of the molecule is COc1cccnc1NC(=O)c1ccc(-n2nc(C)c(Br)c2C)cc1. The lowest BCUT2D eigenvalue weighted by Gasteiger charge is -2.09. The maximum absolute atomic E-state index is 12.4. The molecular formula is C18H17BrN4O2. The van der Waals surface area contributed by atoms with Crippen LogP contribution in [0.2, 0.25) is 0 Å². The smallest absolute Gasteiger partial charge is 0.256 e. The molecule has 3 aromatic rings. The third-order valence-electron chi connectivity index (χ3n) is 3.80. The number of aromatic nitrogens is 3. The highest BCUT2D eigenvalue weighted by atomic mass is 79.9. The second-order valence-corrected chi connectivity index (χ2v) is 6.24. The molecule has 2 heterocycles. The van der Waals surface area contributed by atoms with Crippen LogP contribution in [0.5, 0.6) is 5.75 Å². The Morgan fingerprint density at radius 1 is 1.20 bits per heavy atom. The van der Waals surface area contributed by atoms with E-state index in [1.807, 2.05) is 30.7 Å². The van der Waals surface area contributed by atoms with Gasteiger partial charge in [-0.05, 0) is 66.2 Å². The molecule has 2 aromatic heterocycles. The molecule has 0 fully saturated rings. The molecule has 0 bridgehead atoms. The summed E-state index contributed by atoms with van der Waals surface area (Å²) < 4.78 is 8.01. The molecule has 0 aliphatic heterocycles. The number of ether oxygens (including phenoxy) is 1. The van der Waals surface area contributed by atoms with Gasteiger partial charge in [-0.1, -0.05) is 0 Å². The number of pyridine rings is 1. The first-order valence-corrected chi connectivity index (χ1v) is 8.43. The maximum Gasteiger partial charge on any atom is 0.256 e. The number of anilines is 1. The van der Waals surface area contributed by atoms with Gasteiger partial charge in [-0.2, -0.15) is 5.10 Å². The van der Waals surface area contributed by atoms with E-state index >= 15 is 0 Å². The molecule has 0 aliphatic carbocycles. The predicted octanol–water partition coefficient (Wildman–Crippen LogP) is 3.91. The summed E-state index contributed by atoms with van der Waals surface area (Å²) in [5.41, 5.74) is 3.34. The van der Waals surface area contributed by atoms with Crippen molar-refractivity contribution in [3.63, 3.8) is 0 Å². The van der Waals surface area contributed by atoms with E-state index in [2.05, 4.69) is 31.3 Å². The zero-order chi connectivity index (χ0) is 18.0. The second kappa shape index (κ2) is 7.06. The molecule has 1 aromatic carbocycles. The van der Waals surface area contributed by atoms with Crippen molar-refractivity contribution in [3.8, 4) is 11.4 Å². The van der Waals surface area contributed by atoms with Crippen LogP contribution >= 0.6 is 15.9 Å². The van der Waals surface area contributed by atoms with Crippen molar-refractivity contribution in [1.29, 1.82) is 0 Å². The van der Waals surface area contributed by atoms with Crippen LogP contribution in [0.3, 0.4) is 0 Å². The molecule has 0 radical (unpaired) electrons. The summed E-state index contributed by atoms with van der Waals surface area (Å²) in [6, 6.07) is 10.7. The van der Waals surface area contributed by atoms with E-state index < -0.39 is 0 Å². The zero-order valence-corrected chi connectivity index (χ0v) is 15.7. The fourth-order valence-corrected chi connectivity index (χ4v) is 2.71. The molecule has 0 saturated heterocycles. The Balaban J connectivity index is 1.82. The minimum atomic E-state index is -0.252. The highest BCUT2D eigenvalue weighted by molar-refractivity contribution is 9.10. The fraction of sp³-hybridized carbons (Fsp3) is 0.167. The first-order chi connectivity index (χ1) is 12.0.